The summed E-state index contributed by atoms with van der Waals surface area (Å²) in [7, 11) is 2.04. The first-order valence-electron chi connectivity index (χ1n) is 5.84. The predicted molar refractivity (Wildman–Crippen MR) is 72.0 cm³/mol. The number of carbonyl (C=O) groups excluding carboxylic acids is 1. The number of nitrogens with zero attached hydrogens (tertiary/aromatic N) is 3. The predicted octanol–water partition coefficient (Wildman–Crippen LogP) is 1.43. The van der Waals surface area contributed by atoms with Gasteiger partial charge in [-0.1, -0.05) is 6.07 Å². The van der Waals surface area contributed by atoms with E-state index in [1.54, 1.807) is 11.0 Å². The summed E-state index contributed by atoms with van der Waals surface area (Å²) in [6, 6.07) is 5.82. The number of amides is 1. The molecule has 0 bridgehead atoms. The molecule has 0 spiro atoms. The van der Waals surface area contributed by atoms with E-state index >= 15 is 0 Å². The van der Waals surface area contributed by atoms with Crippen molar-refractivity contribution in [2.24, 2.45) is 0 Å². The minimum atomic E-state index is -0.154. The fourth-order valence-corrected chi connectivity index (χ4v) is 2.49. The Morgan fingerprint density at radius 3 is 2.72 bits per heavy atom. The van der Waals surface area contributed by atoms with Crippen LogP contribution in [0.2, 0.25) is 0 Å². The zero-order chi connectivity index (χ0) is 13.0. The normalized spacial score (nSPS) is 17.6. The van der Waals surface area contributed by atoms with Gasteiger partial charge in [0.1, 0.15) is 11.6 Å². The summed E-state index contributed by atoms with van der Waals surface area (Å²) in [5, 5.41) is 11.0. The van der Waals surface area contributed by atoms with Crippen LogP contribution in [-0.4, -0.2) is 48.9 Å². The quantitative estimate of drug-likeness (QED) is 0.597. The maximum atomic E-state index is 12.2. The molecule has 1 amide bonds. The second kappa shape index (κ2) is 5.80. The molecule has 4 nitrogen and oxygen atoms in total. The monoisotopic (exact) mass is 261 g/mol. The third-order valence-corrected chi connectivity index (χ3v) is 3.79. The van der Waals surface area contributed by atoms with Crippen LogP contribution < -0.4 is 0 Å². The van der Waals surface area contributed by atoms with Crippen LogP contribution in [-0.2, 0) is 4.79 Å². The summed E-state index contributed by atoms with van der Waals surface area (Å²) >= 11 is 1.52. The number of hydrogen-bond acceptors (Lipinski definition) is 4. The van der Waals surface area contributed by atoms with Gasteiger partial charge in [-0.05, 0) is 24.6 Å². The van der Waals surface area contributed by atoms with Crippen LogP contribution in [0.25, 0.3) is 6.08 Å². The van der Waals surface area contributed by atoms with Crippen molar-refractivity contribution in [1.29, 1.82) is 5.26 Å². The van der Waals surface area contributed by atoms with Crippen LogP contribution in [0.5, 0.6) is 0 Å². The van der Waals surface area contributed by atoms with Gasteiger partial charge in [-0.25, -0.2) is 0 Å². The van der Waals surface area contributed by atoms with Crippen molar-refractivity contribution in [3.05, 3.63) is 28.0 Å². The first-order chi connectivity index (χ1) is 8.70. The molecule has 18 heavy (non-hydrogen) atoms. The summed E-state index contributed by atoms with van der Waals surface area (Å²) < 4.78 is 0. The largest absolute Gasteiger partial charge is 0.335 e. The van der Waals surface area contributed by atoms with Gasteiger partial charge < -0.3 is 9.80 Å². The first-order valence-corrected chi connectivity index (χ1v) is 6.72. The van der Waals surface area contributed by atoms with Crippen molar-refractivity contribution >= 4 is 23.3 Å². The molecule has 0 aromatic carbocycles. The summed E-state index contributed by atoms with van der Waals surface area (Å²) in [5.41, 5.74) is 0.224. The highest BCUT2D eigenvalue weighted by Gasteiger charge is 2.22. The average molecular weight is 261 g/mol. The third-order valence-electron chi connectivity index (χ3n) is 2.97. The SMILES string of the molecule is CN1CCN(C(=O)/C(C#N)=C/c2cccs2)CC1. The molecule has 1 aromatic heterocycles. The van der Waals surface area contributed by atoms with Gasteiger partial charge in [0.05, 0.1) is 0 Å². The summed E-state index contributed by atoms with van der Waals surface area (Å²) in [4.78, 5) is 17.1. The molecular formula is C13H15N3OS. The molecule has 0 saturated carbocycles. The van der Waals surface area contributed by atoms with Gasteiger partial charge in [-0.15, -0.1) is 11.3 Å². The topological polar surface area (TPSA) is 47.3 Å². The van der Waals surface area contributed by atoms with E-state index < -0.39 is 0 Å². The van der Waals surface area contributed by atoms with Crippen molar-refractivity contribution in [2.45, 2.75) is 0 Å². The minimum absolute atomic E-state index is 0.154. The molecule has 2 heterocycles. The van der Waals surface area contributed by atoms with E-state index in [2.05, 4.69) is 4.90 Å². The van der Waals surface area contributed by atoms with Crippen LogP contribution in [0.4, 0.5) is 0 Å². The van der Waals surface area contributed by atoms with Gasteiger partial charge in [-0.2, -0.15) is 5.26 Å². The van der Waals surface area contributed by atoms with Crippen molar-refractivity contribution in [2.75, 3.05) is 33.2 Å². The van der Waals surface area contributed by atoms with Crippen molar-refractivity contribution < 1.29 is 4.79 Å². The van der Waals surface area contributed by atoms with E-state index in [1.165, 1.54) is 11.3 Å². The lowest BCUT2D eigenvalue weighted by atomic mass is 10.2. The molecule has 0 aliphatic carbocycles. The van der Waals surface area contributed by atoms with E-state index in [4.69, 9.17) is 5.26 Å². The first kappa shape index (κ1) is 12.8. The molecule has 1 aliphatic rings. The van der Waals surface area contributed by atoms with Crippen LogP contribution in [0.15, 0.2) is 23.1 Å². The van der Waals surface area contributed by atoms with Gasteiger partial charge in [0, 0.05) is 31.1 Å². The van der Waals surface area contributed by atoms with E-state index in [1.807, 2.05) is 30.6 Å². The second-order valence-corrected chi connectivity index (χ2v) is 5.26. The van der Waals surface area contributed by atoms with Crippen molar-refractivity contribution in [3.63, 3.8) is 0 Å². The highest BCUT2D eigenvalue weighted by Crippen LogP contribution is 2.15. The Kier molecular flexibility index (Phi) is 4.13. The van der Waals surface area contributed by atoms with Crippen LogP contribution >= 0.6 is 11.3 Å². The van der Waals surface area contributed by atoms with Gasteiger partial charge in [-0.3, -0.25) is 4.79 Å². The smallest absolute Gasteiger partial charge is 0.264 e. The summed E-state index contributed by atoms with van der Waals surface area (Å²) in [6.45, 7) is 3.12. The molecule has 1 aromatic rings. The zero-order valence-corrected chi connectivity index (χ0v) is 11.1. The number of likely N-dealkylation sites (N-methyl/N-ethyl adjacent to an activating group) is 1. The van der Waals surface area contributed by atoms with Crippen LogP contribution in [0, 0.1) is 11.3 Å². The Bertz CT molecular complexity index is 479. The van der Waals surface area contributed by atoms with Crippen molar-refractivity contribution in [3.8, 4) is 6.07 Å². The molecule has 0 radical (unpaired) electrons. The highest BCUT2D eigenvalue weighted by atomic mass is 32.1. The fraction of sp³-hybridized carbons (Fsp3) is 0.385. The highest BCUT2D eigenvalue weighted by molar-refractivity contribution is 7.10. The number of hydrogen-bond donors (Lipinski definition) is 0. The second-order valence-electron chi connectivity index (χ2n) is 4.28. The molecule has 1 saturated heterocycles. The maximum absolute atomic E-state index is 12.2. The average Bonchev–Trinajstić information content (AvgIpc) is 2.89. The van der Waals surface area contributed by atoms with Gasteiger partial charge >= 0.3 is 0 Å². The Hall–Kier alpha value is -1.64. The Morgan fingerprint density at radius 2 is 2.17 bits per heavy atom. The van der Waals surface area contributed by atoms with Crippen LogP contribution in [0.1, 0.15) is 4.88 Å². The van der Waals surface area contributed by atoms with E-state index in [0.29, 0.717) is 13.1 Å². The van der Waals surface area contributed by atoms with Gasteiger partial charge in [0.2, 0.25) is 0 Å². The molecule has 1 aliphatic heterocycles. The molecule has 0 unspecified atom stereocenters. The number of nitriles is 1. The van der Waals surface area contributed by atoms with Gasteiger partial charge in [0.15, 0.2) is 0 Å². The molecule has 94 valence electrons. The van der Waals surface area contributed by atoms with Gasteiger partial charge in [0.25, 0.3) is 5.91 Å². The number of thiophene rings is 1. The summed E-state index contributed by atoms with van der Waals surface area (Å²) in [6.07, 6.45) is 1.67. The Morgan fingerprint density at radius 1 is 1.44 bits per heavy atom. The maximum Gasteiger partial charge on any atom is 0.264 e. The summed E-state index contributed by atoms with van der Waals surface area (Å²) in [5.74, 6) is -0.154. The number of rotatable bonds is 2. The number of piperazine rings is 1. The lowest BCUT2D eigenvalue weighted by Gasteiger charge is -2.32. The minimum Gasteiger partial charge on any atom is -0.335 e. The fourth-order valence-electron chi connectivity index (χ4n) is 1.84. The van der Waals surface area contributed by atoms with E-state index in [9.17, 15) is 4.79 Å². The number of carbonyl (C=O) groups is 1. The molecule has 0 atom stereocenters. The van der Waals surface area contributed by atoms with Crippen LogP contribution in [0.3, 0.4) is 0 Å². The van der Waals surface area contributed by atoms with E-state index in [-0.39, 0.29) is 11.5 Å². The Labute approximate surface area is 111 Å². The molecule has 0 N–H and O–H groups in total. The van der Waals surface area contributed by atoms with E-state index in [0.717, 1.165) is 18.0 Å². The Balaban J connectivity index is 2.09. The zero-order valence-electron chi connectivity index (χ0n) is 10.3. The molecule has 1 fully saturated rings. The molecular weight excluding hydrogens is 246 g/mol. The standard InChI is InChI=1S/C13H15N3OS/c1-15-4-6-16(7-5-15)13(17)11(10-14)9-12-3-2-8-18-12/h2-3,8-9H,4-7H2,1H3/b11-9+. The lowest BCUT2D eigenvalue weighted by molar-refractivity contribution is -0.128. The molecule has 2 rings (SSSR count). The lowest BCUT2D eigenvalue weighted by Crippen LogP contribution is -2.47. The molecule has 5 heteroatoms. The van der Waals surface area contributed by atoms with Crippen molar-refractivity contribution in [1.82, 2.24) is 9.80 Å². The third kappa shape index (κ3) is 2.97.